The highest BCUT2D eigenvalue weighted by Crippen LogP contribution is 2.21. The second kappa shape index (κ2) is 6.78. The highest BCUT2D eigenvalue weighted by atomic mass is 32.2. The summed E-state index contributed by atoms with van der Waals surface area (Å²) in [6, 6.07) is 1.70. The van der Waals surface area contributed by atoms with Gasteiger partial charge in [0.15, 0.2) is 11.6 Å². The number of aliphatic hydroxyl groups excluding tert-OH is 1. The average Bonchev–Trinajstić information content (AvgIpc) is 2.94. The SMILES string of the molecule is O=S(=O)(NCCC1CCOC1)c1cc(CO)cc(F)c1F. The zero-order valence-corrected chi connectivity index (χ0v) is 12.1. The van der Waals surface area contributed by atoms with Crippen molar-refractivity contribution in [2.75, 3.05) is 19.8 Å². The molecule has 0 bridgehead atoms. The van der Waals surface area contributed by atoms with Crippen LogP contribution in [0.1, 0.15) is 18.4 Å². The summed E-state index contributed by atoms with van der Waals surface area (Å²) in [5, 5.41) is 8.94. The molecule has 2 N–H and O–H groups in total. The van der Waals surface area contributed by atoms with E-state index >= 15 is 0 Å². The summed E-state index contributed by atoms with van der Waals surface area (Å²) in [6.45, 7) is 0.806. The Hall–Kier alpha value is -1.09. The number of hydrogen-bond donors (Lipinski definition) is 2. The Kier molecular flexibility index (Phi) is 5.26. The van der Waals surface area contributed by atoms with Crippen molar-refractivity contribution in [1.82, 2.24) is 4.72 Å². The number of nitrogens with one attached hydrogen (secondary N) is 1. The zero-order chi connectivity index (χ0) is 15.5. The lowest BCUT2D eigenvalue weighted by atomic mass is 10.1. The van der Waals surface area contributed by atoms with Gasteiger partial charge in [-0.1, -0.05) is 0 Å². The maximum absolute atomic E-state index is 13.6. The molecule has 1 fully saturated rings. The normalized spacial score (nSPS) is 19.1. The Bertz CT molecular complexity index is 600. The van der Waals surface area contributed by atoms with Crippen molar-refractivity contribution in [2.45, 2.75) is 24.3 Å². The number of hydrogen-bond acceptors (Lipinski definition) is 4. The predicted octanol–water partition coefficient (Wildman–Crippen LogP) is 1.16. The van der Waals surface area contributed by atoms with E-state index in [0.29, 0.717) is 19.6 Å². The fourth-order valence-electron chi connectivity index (χ4n) is 2.19. The largest absolute Gasteiger partial charge is 0.392 e. The third-order valence-electron chi connectivity index (χ3n) is 3.40. The van der Waals surface area contributed by atoms with Crippen LogP contribution in [-0.4, -0.2) is 33.3 Å². The minimum atomic E-state index is -4.15. The summed E-state index contributed by atoms with van der Waals surface area (Å²) in [7, 11) is -4.15. The maximum atomic E-state index is 13.6. The van der Waals surface area contributed by atoms with Crippen LogP contribution in [0, 0.1) is 17.6 Å². The molecule has 1 atom stereocenters. The first kappa shape index (κ1) is 16.3. The third-order valence-corrected chi connectivity index (χ3v) is 4.86. The monoisotopic (exact) mass is 321 g/mol. The van der Waals surface area contributed by atoms with Gasteiger partial charge in [-0.2, -0.15) is 0 Å². The fourth-order valence-corrected chi connectivity index (χ4v) is 3.37. The lowest BCUT2D eigenvalue weighted by Gasteiger charge is -2.11. The van der Waals surface area contributed by atoms with E-state index in [-0.39, 0.29) is 18.0 Å². The molecule has 5 nitrogen and oxygen atoms in total. The molecule has 1 heterocycles. The number of sulfonamides is 1. The molecule has 1 aliphatic heterocycles. The van der Waals surface area contributed by atoms with Crippen molar-refractivity contribution in [3.05, 3.63) is 29.3 Å². The number of benzene rings is 1. The van der Waals surface area contributed by atoms with E-state index in [4.69, 9.17) is 9.84 Å². The highest BCUT2D eigenvalue weighted by Gasteiger charge is 2.23. The molecule has 21 heavy (non-hydrogen) atoms. The molecule has 0 saturated carbocycles. The summed E-state index contributed by atoms with van der Waals surface area (Å²) in [4.78, 5) is -0.783. The molecular formula is C13H17F2NO4S. The van der Waals surface area contributed by atoms with Gasteiger partial charge in [0, 0.05) is 19.8 Å². The van der Waals surface area contributed by atoms with Crippen LogP contribution in [0.5, 0.6) is 0 Å². The van der Waals surface area contributed by atoms with Gasteiger partial charge in [0.25, 0.3) is 0 Å². The van der Waals surface area contributed by atoms with Gasteiger partial charge >= 0.3 is 0 Å². The smallest absolute Gasteiger partial charge is 0.243 e. The van der Waals surface area contributed by atoms with Crippen molar-refractivity contribution in [1.29, 1.82) is 0 Å². The Morgan fingerprint density at radius 2 is 2.14 bits per heavy atom. The van der Waals surface area contributed by atoms with Gasteiger partial charge in [0.1, 0.15) is 4.90 Å². The van der Waals surface area contributed by atoms with Crippen LogP contribution >= 0.6 is 0 Å². The van der Waals surface area contributed by atoms with E-state index in [1.807, 2.05) is 0 Å². The van der Waals surface area contributed by atoms with E-state index in [0.717, 1.165) is 18.6 Å². The van der Waals surface area contributed by atoms with Crippen molar-refractivity contribution < 1.29 is 27.0 Å². The first-order valence-electron chi connectivity index (χ1n) is 6.60. The Balaban J connectivity index is 2.09. The lowest BCUT2D eigenvalue weighted by Crippen LogP contribution is -2.27. The standard InChI is InChI=1S/C13H17F2NO4S/c14-11-5-10(7-17)6-12(13(11)15)21(18,19)16-3-1-9-2-4-20-8-9/h5-6,9,16-17H,1-4,7-8H2. The van der Waals surface area contributed by atoms with Crippen LogP contribution in [0.15, 0.2) is 17.0 Å². The summed E-state index contributed by atoms with van der Waals surface area (Å²) in [5.41, 5.74) is -0.00142. The van der Waals surface area contributed by atoms with Gasteiger partial charge in [-0.15, -0.1) is 0 Å². The molecule has 0 aliphatic carbocycles. The number of rotatable bonds is 6. The van der Waals surface area contributed by atoms with Crippen molar-refractivity contribution in [3.63, 3.8) is 0 Å². The Morgan fingerprint density at radius 1 is 1.38 bits per heavy atom. The zero-order valence-electron chi connectivity index (χ0n) is 11.3. The first-order valence-corrected chi connectivity index (χ1v) is 8.08. The second-order valence-electron chi connectivity index (χ2n) is 4.96. The molecule has 1 saturated heterocycles. The Labute approximate surface area is 122 Å². The van der Waals surface area contributed by atoms with Gasteiger partial charge in [0.05, 0.1) is 6.61 Å². The average molecular weight is 321 g/mol. The summed E-state index contributed by atoms with van der Waals surface area (Å²) in [5.74, 6) is -2.46. The fraction of sp³-hybridized carbons (Fsp3) is 0.538. The lowest BCUT2D eigenvalue weighted by molar-refractivity contribution is 0.184. The minimum absolute atomic E-state index is 0.00142. The van der Waals surface area contributed by atoms with E-state index < -0.39 is 33.2 Å². The third kappa shape index (κ3) is 3.97. The topological polar surface area (TPSA) is 75.6 Å². The van der Waals surface area contributed by atoms with E-state index in [1.54, 1.807) is 0 Å². The second-order valence-corrected chi connectivity index (χ2v) is 6.70. The van der Waals surface area contributed by atoms with E-state index in [9.17, 15) is 17.2 Å². The highest BCUT2D eigenvalue weighted by molar-refractivity contribution is 7.89. The number of aliphatic hydroxyl groups is 1. The molecule has 0 amide bonds. The summed E-state index contributed by atoms with van der Waals surface area (Å²) >= 11 is 0. The van der Waals surface area contributed by atoms with Gasteiger partial charge in [-0.3, -0.25) is 0 Å². The molecule has 2 rings (SSSR count). The Morgan fingerprint density at radius 3 is 2.76 bits per heavy atom. The van der Waals surface area contributed by atoms with Crippen LogP contribution < -0.4 is 4.72 Å². The first-order chi connectivity index (χ1) is 9.94. The van der Waals surface area contributed by atoms with Crippen LogP contribution in [0.4, 0.5) is 8.78 Å². The minimum Gasteiger partial charge on any atom is -0.392 e. The molecule has 0 aromatic heterocycles. The molecule has 1 aromatic rings. The van der Waals surface area contributed by atoms with Gasteiger partial charge in [-0.05, 0) is 36.5 Å². The molecule has 1 unspecified atom stereocenters. The quantitative estimate of drug-likeness (QED) is 0.824. The predicted molar refractivity (Wildman–Crippen MR) is 71.0 cm³/mol. The molecule has 118 valence electrons. The molecule has 1 aromatic carbocycles. The van der Waals surface area contributed by atoms with Gasteiger partial charge < -0.3 is 9.84 Å². The summed E-state index contributed by atoms with van der Waals surface area (Å²) < 4.78 is 58.4. The number of halogens is 2. The van der Waals surface area contributed by atoms with Crippen molar-refractivity contribution in [2.24, 2.45) is 5.92 Å². The molecule has 8 heteroatoms. The summed E-state index contributed by atoms with van der Waals surface area (Å²) in [6.07, 6.45) is 1.44. The maximum Gasteiger partial charge on any atom is 0.243 e. The van der Waals surface area contributed by atoms with Crippen LogP contribution in [0.25, 0.3) is 0 Å². The molecule has 1 aliphatic rings. The molecule has 0 spiro atoms. The van der Waals surface area contributed by atoms with Gasteiger partial charge in [0.2, 0.25) is 10.0 Å². The van der Waals surface area contributed by atoms with E-state index in [2.05, 4.69) is 4.72 Å². The molecule has 0 radical (unpaired) electrons. The van der Waals surface area contributed by atoms with Crippen LogP contribution in [0.3, 0.4) is 0 Å². The van der Waals surface area contributed by atoms with E-state index in [1.165, 1.54) is 0 Å². The van der Waals surface area contributed by atoms with Crippen LogP contribution in [-0.2, 0) is 21.4 Å². The number of ether oxygens (including phenoxy) is 1. The van der Waals surface area contributed by atoms with Crippen molar-refractivity contribution >= 4 is 10.0 Å². The van der Waals surface area contributed by atoms with Crippen LogP contribution in [0.2, 0.25) is 0 Å². The molecular weight excluding hydrogens is 304 g/mol. The van der Waals surface area contributed by atoms with Gasteiger partial charge in [-0.25, -0.2) is 21.9 Å². The van der Waals surface area contributed by atoms with Crippen molar-refractivity contribution in [3.8, 4) is 0 Å².